The van der Waals surface area contributed by atoms with Crippen LogP contribution in [-0.4, -0.2) is 34.0 Å². The van der Waals surface area contributed by atoms with Gasteiger partial charge in [-0.05, 0) is 42.9 Å². The third-order valence-electron chi connectivity index (χ3n) is 5.45. The Bertz CT molecular complexity index is 769. The van der Waals surface area contributed by atoms with Gasteiger partial charge in [-0.3, -0.25) is 9.69 Å². The number of benzene rings is 1. The molecule has 2 aromatic rings. The van der Waals surface area contributed by atoms with Gasteiger partial charge in [0.15, 0.2) is 5.82 Å². The summed E-state index contributed by atoms with van der Waals surface area (Å²) in [5.74, 6) is 2.45. The first-order valence-corrected chi connectivity index (χ1v) is 10.9. The third-order valence-corrected chi connectivity index (χ3v) is 5.45. The molecule has 1 N–H and O–H groups in total. The van der Waals surface area contributed by atoms with Crippen molar-refractivity contribution in [2.75, 3.05) is 13.1 Å². The van der Waals surface area contributed by atoms with Crippen LogP contribution >= 0.6 is 0 Å². The summed E-state index contributed by atoms with van der Waals surface area (Å²) in [6.45, 7) is 10.4. The highest BCUT2D eigenvalue weighted by Gasteiger charge is 2.16. The van der Waals surface area contributed by atoms with Crippen LogP contribution in [0.4, 0.5) is 0 Å². The molecule has 3 rings (SSSR count). The van der Waals surface area contributed by atoms with Gasteiger partial charge in [-0.2, -0.15) is 4.98 Å². The molecule has 1 aromatic carbocycles. The van der Waals surface area contributed by atoms with Crippen LogP contribution in [0.15, 0.2) is 28.8 Å². The Labute approximate surface area is 174 Å². The molecule has 0 bridgehead atoms. The molecule has 1 atom stereocenters. The molecule has 0 aliphatic carbocycles. The average Bonchev–Trinajstić information content (AvgIpc) is 3.17. The smallest absolute Gasteiger partial charge is 0.226 e. The van der Waals surface area contributed by atoms with Crippen LogP contribution in [-0.2, 0) is 24.3 Å². The fraction of sp³-hybridized carbons (Fsp3) is 0.609. The lowest BCUT2D eigenvalue weighted by atomic mass is 9.99. The molecule has 0 radical (unpaired) electrons. The molecule has 158 valence electrons. The minimum atomic E-state index is 0.0555. The number of aryl methyl sites for hydroxylation is 1. The second-order valence-corrected chi connectivity index (χ2v) is 8.63. The maximum absolute atomic E-state index is 12.1. The van der Waals surface area contributed by atoms with E-state index in [0.29, 0.717) is 31.7 Å². The lowest BCUT2D eigenvalue weighted by Gasteiger charge is -2.30. The van der Waals surface area contributed by atoms with Crippen LogP contribution in [0.1, 0.15) is 75.2 Å². The summed E-state index contributed by atoms with van der Waals surface area (Å²) < 4.78 is 5.21. The summed E-state index contributed by atoms with van der Waals surface area (Å²) in [5.41, 5.74) is 2.47. The summed E-state index contributed by atoms with van der Waals surface area (Å²) in [5, 5.41) is 6.95. The molecule has 1 amide bonds. The van der Waals surface area contributed by atoms with Crippen molar-refractivity contribution in [1.82, 2.24) is 20.4 Å². The van der Waals surface area contributed by atoms with E-state index in [1.807, 2.05) is 13.8 Å². The SMILES string of the molecule is CC(C)c1noc(CCCC(=O)NCc2ccc(CN3CCC[C@H](C)C3)cc2)n1. The van der Waals surface area contributed by atoms with E-state index in [0.717, 1.165) is 23.9 Å². The predicted octanol–water partition coefficient (Wildman–Crippen LogP) is 4.06. The standard InChI is InChI=1S/C23H34N4O2/c1-17(2)23-25-22(29-26-23)8-4-7-21(28)24-14-19-9-11-20(12-10-19)16-27-13-5-6-18(3)15-27/h9-12,17-18H,4-8,13-16H2,1-3H3,(H,24,28)/t18-/m0/s1. The van der Waals surface area contributed by atoms with E-state index in [4.69, 9.17) is 4.52 Å². The second-order valence-electron chi connectivity index (χ2n) is 8.63. The Morgan fingerprint density at radius 3 is 2.72 bits per heavy atom. The number of carbonyl (C=O) groups is 1. The number of nitrogens with zero attached hydrogens (tertiary/aromatic N) is 3. The van der Waals surface area contributed by atoms with Gasteiger partial charge >= 0.3 is 0 Å². The highest BCUT2D eigenvalue weighted by Crippen LogP contribution is 2.18. The van der Waals surface area contributed by atoms with E-state index >= 15 is 0 Å². The summed E-state index contributed by atoms with van der Waals surface area (Å²) in [6.07, 6.45) is 4.46. The van der Waals surface area contributed by atoms with Crippen LogP contribution in [0.2, 0.25) is 0 Å². The maximum Gasteiger partial charge on any atom is 0.226 e. The first-order valence-electron chi connectivity index (χ1n) is 10.9. The molecule has 1 aliphatic rings. The van der Waals surface area contributed by atoms with Gasteiger partial charge in [-0.15, -0.1) is 0 Å². The number of aromatic nitrogens is 2. The highest BCUT2D eigenvalue weighted by molar-refractivity contribution is 5.75. The Hall–Kier alpha value is -2.21. The van der Waals surface area contributed by atoms with E-state index in [1.54, 1.807) is 0 Å². The van der Waals surface area contributed by atoms with Gasteiger partial charge in [0.05, 0.1) is 0 Å². The Morgan fingerprint density at radius 2 is 2.03 bits per heavy atom. The largest absolute Gasteiger partial charge is 0.352 e. The molecule has 6 heteroatoms. The minimum absolute atomic E-state index is 0.0555. The van der Waals surface area contributed by atoms with Gasteiger partial charge in [0.1, 0.15) is 0 Å². The predicted molar refractivity (Wildman–Crippen MR) is 113 cm³/mol. The van der Waals surface area contributed by atoms with Crippen molar-refractivity contribution >= 4 is 5.91 Å². The lowest BCUT2D eigenvalue weighted by molar-refractivity contribution is -0.121. The quantitative estimate of drug-likeness (QED) is 0.690. The third kappa shape index (κ3) is 6.96. The van der Waals surface area contributed by atoms with Crippen molar-refractivity contribution in [1.29, 1.82) is 0 Å². The normalized spacial score (nSPS) is 17.6. The molecule has 0 saturated carbocycles. The zero-order valence-corrected chi connectivity index (χ0v) is 18.0. The summed E-state index contributed by atoms with van der Waals surface area (Å²) in [7, 11) is 0. The molecule has 2 heterocycles. The van der Waals surface area contributed by atoms with Crippen molar-refractivity contribution in [3.05, 3.63) is 47.1 Å². The molecule has 1 fully saturated rings. The van der Waals surface area contributed by atoms with E-state index < -0.39 is 0 Å². The first-order chi connectivity index (χ1) is 14.0. The Balaban J connectivity index is 1.35. The fourth-order valence-corrected chi connectivity index (χ4v) is 3.74. The summed E-state index contributed by atoms with van der Waals surface area (Å²) >= 11 is 0. The van der Waals surface area contributed by atoms with E-state index in [1.165, 1.54) is 31.5 Å². The fourth-order valence-electron chi connectivity index (χ4n) is 3.74. The summed E-state index contributed by atoms with van der Waals surface area (Å²) in [4.78, 5) is 19.0. The van der Waals surface area contributed by atoms with E-state index in [9.17, 15) is 4.79 Å². The van der Waals surface area contributed by atoms with Crippen LogP contribution in [0.3, 0.4) is 0 Å². The number of rotatable bonds is 9. The number of hydrogen-bond donors (Lipinski definition) is 1. The zero-order chi connectivity index (χ0) is 20.6. The first kappa shape index (κ1) is 21.5. The zero-order valence-electron chi connectivity index (χ0n) is 18.0. The van der Waals surface area contributed by atoms with Crippen molar-refractivity contribution in [3.63, 3.8) is 0 Å². The van der Waals surface area contributed by atoms with Crippen molar-refractivity contribution in [3.8, 4) is 0 Å². The van der Waals surface area contributed by atoms with Crippen molar-refractivity contribution in [2.45, 2.75) is 71.9 Å². The minimum Gasteiger partial charge on any atom is -0.352 e. The molecular weight excluding hydrogens is 364 g/mol. The highest BCUT2D eigenvalue weighted by atomic mass is 16.5. The molecular formula is C23H34N4O2. The van der Waals surface area contributed by atoms with Crippen molar-refractivity contribution < 1.29 is 9.32 Å². The molecule has 1 aromatic heterocycles. The van der Waals surface area contributed by atoms with Crippen LogP contribution < -0.4 is 5.32 Å². The Morgan fingerprint density at radius 1 is 1.28 bits per heavy atom. The number of piperidine rings is 1. The van der Waals surface area contributed by atoms with E-state index in [2.05, 4.69) is 51.5 Å². The van der Waals surface area contributed by atoms with Crippen LogP contribution in [0.5, 0.6) is 0 Å². The van der Waals surface area contributed by atoms with Crippen LogP contribution in [0, 0.1) is 5.92 Å². The van der Waals surface area contributed by atoms with Gasteiger partial charge in [0, 0.05) is 38.4 Å². The molecule has 0 unspecified atom stereocenters. The molecule has 29 heavy (non-hydrogen) atoms. The van der Waals surface area contributed by atoms with Gasteiger partial charge in [-0.25, -0.2) is 0 Å². The van der Waals surface area contributed by atoms with Crippen LogP contribution in [0.25, 0.3) is 0 Å². The van der Waals surface area contributed by atoms with E-state index in [-0.39, 0.29) is 11.8 Å². The number of hydrogen-bond acceptors (Lipinski definition) is 5. The van der Waals surface area contributed by atoms with Crippen molar-refractivity contribution in [2.24, 2.45) is 5.92 Å². The lowest BCUT2D eigenvalue weighted by Crippen LogP contribution is -2.33. The monoisotopic (exact) mass is 398 g/mol. The van der Waals surface area contributed by atoms with Gasteiger partial charge < -0.3 is 9.84 Å². The Kier molecular flexibility index (Phi) is 7.81. The molecule has 1 saturated heterocycles. The van der Waals surface area contributed by atoms with Gasteiger partial charge in [0.25, 0.3) is 0 Å². The second kappa shape index (κ2) is 10.5. The topological polar surface area (TPSA) is 71.3 Å². The number of amides is 1. The van der Waals surface area contributed by atoms with Gasteiger partial charge in [-0.1, -0.05) is 50.2 Å². The average molecular weight is 399 g/mol. The summed E-state index contributed by atoms with van der Waals surface area (Å²) in [6, 6.07) is 8.61. The molecule has 6 nitrogen and oxygen atoms in total. The number of nitrogens with one attached hydrogen (secondary N) is 1. The maximum atomic E-state index is 12.1. The number of likely N-dealkylation sites (tertiary alicyclic amines) is 1. The number of carbonyl (C=O) groups excluding carboxylic acids is 1. The van der Waals surface area contributed by atoms with Gasteiger partial charge in [0.2, 0.25) is 11.8 Å². The molecule has 1 aliphatic heterocycles. The molecule has 0 spiro atoms.